The van der Waals surface area contributed by atoms with Crippen LogP contribution in [-0.4, -0.2) is 25.9 Å². The first-order valence-electron chi connectivity index (χ1n) is 7.70. The minimum atomic E-state index is -0.219. The predicted octanol–water partition coefficient (Wildman–Crippen LogP) is 5.12. The highest BCUT2D eigenvalue weighted by Gasteiger charge is 2.10. The summed E-state index contributed by atoms with van der Waals surface area (Å²) in [7, 11) is 1.54. The number of nitrogens with one attached hydrogen (secondary N) is 1. The van der Waals surface area contributed by atoms with Crippen molar-refractivity contribution in [1.82, 2.24) is 0 Å². The summed E-state index contributed by atoms with van der Waals surface area (Å²) >= 11 is 7.83. The van der Waals surface area contributed by atoms with Gasteiger partial charge in [0.25, 0.3) is 0 Å². The number of benzene rings is 2. The Labute approximate surface area is 157 Å². The molecule has 132 valence electrons. The van der Waals surface area contributed by atoms with Gasteiger partial charge in [-0.05, 0) is 55.2 Å². The number of ether oxygens (including phenoxy) is 2. The Kier molecular flexibility index (Phi) is 7.22. The van der Waals surface area contributed by atoms with Crippen molar-refractivity contribution in [3.05, 3.63) is 53.1 Å². The number of thioether (sulfide) groups is 1. The minimum absolute atomic E-state index is 0.219. The van der Waals surface area contributed by atoms with Gasteiger partial charge in [-0.15, -0.1) is 11.8 Å². The molecule has 0 unspecified atom stereocenters. The first-order chi connectivity index (χ1) is 12.1. The maximum Gasteiger partial charge on any atom is 0.248 e. The van der Waals surface area contributed by atoms with Gasteiger partial charge >= 0.3 is 0 Å². The van der Waals surface area contributed by atoms with Crippen LogP contribution in [0.5, 0.6) is 11.5 Å². The summed E-state index contributed by atoms with van der Waals surface area (Å²) in [5, 5.41) is 3.27. The Morgan fingerprint density at radius 2 is 2.12 bits per heavy atom. The zero-order valence-electron chi connectivity index (χ0n) is 14.3. The molecule has 0 spiro atoms. The van der Waals surface area contributed by atoms with E-state index in [4.69, 9.17) is 21.1 Å². The summed E-state index contributed by atoms with van der Waals surface area (Å²) in [6.07, 6.45) is 5.13. The van der Waals surface area contributed by atoms with Crippen LogP contribution < -0.4 is 14.8 Å². The molecule has 0 saturated heterocycles. The van der Waals surface area contributed by atoms with Crippen molar-refractivity contribution in [2.24, 2.45) is 0 Å². The second-order valence-electron chi connectivity index (χ2n) is 5.02. The highest BCUT2D eigenvalue weighted by atomic mass is 35.5. The fourth-order valence-corrected chi connectivity index (χ4v) is 2.96. The number of halogens is 1. The van der Waals surface area contributed by atoms with Crippen molar-refractivity contribution in [2.45, 2.75) is 11.8 Å². The van der Waals surface area contributed by atoms with Crippen molar-refractivity contribution in [3.8, 4) is 11.5 Å². The lowest BCUT2D eigenvalue weighted by Crippen LogP contribution is -2.07. The first-order valence-corrected chi connectivity index (χ1v) is 9.31. The molecule has 4 nitrogen and oxygen atoms in total. The average Bonchev–Trinajstić information content (AvgIpc) is 2.60. The van der Waals surface area contributed by atoms with Gasteiger partial charge in [-0.3, -0.25) is 4.79 Å². The van der Waals surface area contributed by atoms with E-state index in [1.54, 1.807) is 30.0 Å². The van der Waals surface area contributed by atoms with E-state index in [9.17, 15) is 4.79 Å². The lowest BCUT2D eigenvalue weighted by molar-refractivity contribution is -0.111. The third kappa shape index (κ3) is 5.44. The van der Waals surface area contributed by atoms with E-state index >= 15 is 0 Å². The van der Waals surface area contributed by atoms with E-state index in [-0.39, 0.29) is 5.91 Å². The molecule has 0 aliphatic heterocycles. The van der Waals surface area contributed by atoms with Gasteiger partial charge in [-0.1, -0.05) is 17.7 Å². The monoisotopic (exact) mass is 377 g/mol. The molecule has 0 aliphatic carbocycles. The van der Waals surface area contributed by atoms with Crippen LogP contribution in [0.3, 0.4) is 0 Å². The van der Waals surface area contributed by atoms with Crippen molar-refractivity contribution in [3.63, 3.8) is 0 Å². The number of hydrogen-bond acceptors (Lipinski definition) is 4. The number of carbonyl (C=O) groups is 1. The fourth-order valence-electron chi connectivity index (χ4n) is 2.20. The molecule has 0 aliphatic rings. The Morgan fingerprint density at radius 3 is 2.80 bits per heavy atom. The second-order valence-corrected chi connectivity index (χ2v) is 6.31. The molecule has 0 fully saturated rings. The summed E-state index contributed by atoms with van der Waals surface area (Å²) in [6, 6.07) is 11.2. The van der Waals surface area contributed by atoms with Crippen molar-refractivity contribution >= 4 is 41.0 Å². The molecule has 6 heteroatoms. The smallest absolute Gasteiger partial charge is 0.248 e. The molecule has 0 saturated carbocycles. The van der Waals surface area contributed by atoms with Crippen LogP contribution in [0.2, 0.25) is 5.02 Å². The minimum Gasteiger partial charge on any atom is -0.491 e. The number of amides is 1. The van der Waals surface area contributed by atoms with Gasteiger partial charge in [0.1, 0.15) is 0 Å². The van der Waals surface area contributed by atoms with E-state index in [1.165, 1.54) is 13.2 Å². The lowest BCUT2D eigenvalue weighted by Gasteiger charge is -2.11. The summed E-state index contributed by atoms with van der Waals surface area (Å²) in [5.74, 6) is 0.812. The normalized spacial score (nSPS) is 10.7. The first kappa shape index (κ1) is 19.2. The number of rotatable bonds is 7. The van der Waals surface area contributed by atoms with Gasteiger partial charge in [0.05, 0.1) is 18.7 Å². The van der Waals surface area contributed by atoms with Gasteiger partial charge in [-0.2, -0.15) is 0 Å². The van der Waals surface area contributed by atoms with E-state index in [2.05, 4.69) is 5.32 Å². The SMILES string of the molecule is CCOc1cc(/C=C/C(=O)Nc2cccc(SC)c2)cc(Cl)c1OC. The molecule has 0 bridgehead atoms. The van der Waals surface area contributed by atoms with Crippen molar-refractivity contribution in [1.29, 1.82) is 0 Å². The van der Waals surface area contributed by atoms with Gasteiger partial charge in [-0.25, -0.2) is 0 Å². The highest BCUT2D eigenvalue weighted by Crippen LogP contribution is 2.36. The standard InChI is InChI=1S/C19H20ClNO3S/c1-4-24-17-11-13(10-16(20)19(17)23-2)8-9-18(22)21-14-6-5-7-15(12-14)25-3/h5-12H,4H2,1-3H3,(H,21,22)/b9-8+. The highest BCUT2D eigenvalue weighted by molar-refractivity contribution is 7.98. The number of hydrogen-bond donors (Lipinski definition) is 1. The molecular weight excluding hydrogens is 358 g/mol. The molecule has 1 N–H and O–H groups in total. The van der Waals surface area contributed by atoms with E-state index in [0.29, 0.717) is 23.1 Å². The van der Waals surface area contributed by atoms with Gasteiger partial charge < -0.3 is 14.8 Å². The molecule has 0 atom stereocenters. The molecule has 2 aromatic rings. The van der Waals surface area contributed by atoms with E-state index in [0.717, 1.165) is 16.1 Å². The van der Waals surface area contributed by atoms with Gasteiger partial charge in [0.2, 0.25) is 5.91 Å². The Balaban J connectivity index is 2.13. The molecule has 1 amide bonds. The molecule has 2 aromatic carbocycles. The lowest BCUT2D eigenvalue weighted by atomic mass is 10.2. The van der Waals surface area contributed by atoms with Crippen LogP contribution >= 0.6 is 23.4 Å². The molecule has 0 aromatic heterocycles. The number of carbonyl (C=O) groups excluding carboxylic acids is 1. The van der Waals surface area contributed by atoms with Crippen LogP contribution in [-0.2, 0) is 4.79 Å². The zero-order valence-corrected chi connectivity index (χ0v) is 15.9. The topological polar surface area (TPSA) is 47.6 Å². The maximum atomic E-state index is 12.1. The molecular formula is C19H20ClNO3S. The largest absolute Gasteiger partial charge is 0.491 e. The van der Waals surface area contributed by atoms with Crippen LogP contribution in [0, 0.1) is 0 Å². The molecule has 2 rings (SSSR count). The molecule has 25 heavy (non-hydrogen) atoms. The van der Waals surface area contributed by atoms with E-state index in [1.807, 2.05) is 37.4 Å². The van der Waals surface area contributed by atoms with Crippen LogP contribution in [0.25, 0.3) is 6.08 Å². The van der Waals surface area contributed by atoms with E-state index < -0.39 is 0 Å². The third-order valence-electron chi connectivity index (χ3n) is 3.30. The third-order valence-corrected chi connectivity index (χ3v) is 4.31. The summed E-state index contributed by atoms with van der Waals surface area (Å²) in [4.78, 5) is 13.2. The zero-order chi connectivity index (χ0) is 18.2. The summed E-state index contributed by atoms with van der Waals surface area (Å²) in [6.45, 7) is 2.37. The van der Waals surface area contributed by atoms with Crippen molar-refractivity contribution in [2.75, 3.05) is 25.3 Å². The predicted molar refractivity (Wildman–Crippen MR) is 105 cm³/mol. The van der Waals surface area contributed by atoms with Crippen LogP contribution in [0.15, 0.2) is 47.4 Å². The summed E-state index contributed by atoms with van der Waals surface area (Å²) < 4.78 is 10.8. The Hall–Kier alpha value is -2.11. The van der Waals surface area contributed by atoms with Crippen LogP contribution in [0.4, 0.5) is 5.69 Å². The summed E-state index contributed by atoms with van der Waals surface area (Å²) in [5.41, 5.74) is 1.51. The van der Waals surface area contributed by atoms with Gasteiger partial charge in [0, 0.05) is 16.7 Å². The number of methoxy groups -OCH3 is 1. The van der Waals surface area contributed by atoms with Gasteiger partial charge in [0.15, 0.2) is 11.5 Å². The average molecular weight is 378 g/mol. The Bertz CT molecular complexity index is 777. The second kappa shape index (κ2) is 9.39. The van der Waals surface area contributed by atoms with Crippen molar-refractivity contribution < 1.29 is 14.3 Å². The molecule has 0 radical (unpaired) electrons. The van der Waals surface area contributed by atoms with Crippen LogP contribution in [0.1, 0.15) is 12.5 Å². The Morgan fingerprint density at radius 1 is 1.32 bits per heavy atom. The molecule has 0 heterocycles. The maximum absolute atomic E-state index is 12.1. The number of anilines is 1. The fraction of sp³-hybridized carbons (Fsp3) is 0.211. The quantitative estimate of drug-likeness (QED) is 0.537.